The zero-order chi connectivity index (χ0) is 15.4. The van der Waals surface area contributed by atoms with E-state index in [-0.39, 0.29) is 6.61 Å². The van der Waals surface area contributed by atoms with E-state index >= 15 is 0 Å². The number of hydrogen-bond donors (Lipinski definition) is 2. The monoisotopic (exact) mass is 295 g/mol. The molecule has 6 nitrogen and oxygen atoms in total. The summed E-state index contributed by atoms with van der Waals surface area (Å²) in [5.74, 6) is -0.0166. The number of nitrogens with one attached hydrogen (secondary N) is 1. The molecule has 2 N–H and O–H groups in total. The van der Waals surface area contributed by atoms with Gasteiger partial charge in [0.25, 0.3) is 0 Å². The Labute approximate surface area is 126 Å². The highest BCUT2D eigenvalue weighted by atomic mass is 16.5. The predicted octanol–water partition coefficient (Wildman–Crippen LogP) is 2.84. The predicted molar refractivity (Wildman–Crippen MR) is 82.4 cm³/mol. The van der Waals surface area contributed by atoms with E-state index in [9.17, 15) is 4.79 Å². The van der Waals surface area contributed by atoms with Gasteiger partial charge in [-0.05, 0) is 30.3 Å². The molecule has 3 aromatic rings. The van der Waals surface area contributed by atoms with Crippen molar-refractivity contribution in [2.45, 2.75) is 0 Å². The number of hydrogen-bond acceptors (Lipinski definition) is 5. The van der Waals surface area contributed by atoms with Crippen molar-refractivity contribution in [3.05, 3.63) is 54.7 Å². The van der Waals surface area contributed by atoms with Gasteiger partial charge in [-0.15, -0.1) is 0 Å². The van der Waals surface area contributed by atoms with Crippen LogP contribution in [0, 0.1) is 0 Å². The summed E-state index contributed by atoms with van der Waals surface area (Å²) in [6, 6.07) is 14.7. The van der Waals surface area contributed by atoms with E-state index in [4.69, 9.17) is 9.84 Å². The molecule has 3 rings (SSSR count). The van der Waals surface area contributed by atoms with E-state index in [1.54, 1.807) is 30.5 Å². The van der Waals surface area contributed by atoms with Crippen LogP contribution in [0.15, 0.2) is 54.7 Å². The number of carboxylic acid groups (broad SMARTS) is 1. The van der Waals surface area contributed by atoms with Gasteiger partial charge in [0.05, 0.1) is 5.52 Å². The Morgan fingerprint density at radius 3 is 2.68 bits per heavy atom. The number of carboxylic acids is 1. The Bertz CT molecular complexity index is 803. The Kier molecular flexibility index (Phi) is 3.82. The van der Waals surface area contributed by atoms with Crippen molar-refractivity contribution in [1.82, 2.24) is 9.97 Å². The van der Waals surface area contributed by atoms with Gasteiger partial charge in [-0.3, -0.25) is 0 Å². The molecule has 0 radical (unpaired) electrons. The third kappa shape index (κ3) is 3.29. The first kappa shape index (κ1) is 13.8. The largest absolute Gasteiger partial charge is 0.482 e. The van der Waals surface area contributed by atoms with E-state index < -0.39 is 5.97 Å². The van der Waals surface area contributed by atoms with E-state index in [1.165, 1.54) is 0 Å². The zero-order valence-corrected chi connectivity index (χ0v) is 11.6. The van der Waals surface area contributed by atoms with Crippen LogP contribution in [0.4, 0.5) is 11.6 Å². The first-order chi connectivity index (χ1) is 10.7. The maximum atomic E-state index is 10.4. The smallest absolute Gasteiger partial charge is 0.341 e. The molecule has 2 aromatic carbocycles. The van der Waals surface area contributed by atoms with Crippen molar-refractivity contribution < 1.29 is 14.6 Å². The number of ether oxygens (including phenoxy) is 1. The Morgan fingerprint density at radius 2 is 1.91 bits per heavy atom. The van der Waals surface area contributed by atoms with E-state index in [2.05, 4.69) is 15.3 Å². The lowest BCUT2D eigenvalue weighted by molar-refractivity contribution is -0.139. The fraction of sp³-hybridized carbons (Fsp3) is 0.0625. The van der Waals surface area contributed by atoms with Crippen LogP contribution in [-0.4, -0.2) is 27.7 Å². The molecule has 0 atom stereocenters. The number of nitrogens with zero attached hydrogens (tertiary/aromatic N) is 2. The van der Waals surface area contributed by atoms with E-state index in [1.807, 2.05) is 24.3 Å². The van der Waals surface area contributed by atoms with Crippen molar-refractivity contribution in [1.29, 1.82) is 0 Å². The van der Waals surface area contributed by atoms with Crippen molar-refractivity contribution in [3.63, 3.8) is 0 Å². The molecule has 0 saturated carbocycles. The van der Waals surface area contributed by atoms with Crippen molar-refractivity contribution >= 4 is 28.5 Å². The SMILES string of the molecule is O=C(O)COc1ccc(Nc2ncc3ccccc3n2)cc1. The number of carbonyl (C=O) groups is 1. The number of fused-ring (bicyclic) bond motifs is 1. The molecule has 0 aliphatic heterocycles. The van der Waals surface area contributed by atoms with Gasteiger partial charge in [-0.25, -0.2) is 14.8 Å². The van der Waals surface area contributed by atoms with Crippen LogP contribution in [0.5, 0.6) is 5.75 Å². The Hall–Kier alpha value is -3.15. The van der Waals surface area contributed by atoms with Crippen molar-refractivity contribution in [2.24, 2.45) is 0 Å². The molecule has 1 heterocycles. The number of para-hydroxylation sites is 1. The number of anilines is 2. The lowest BCUT2D eigenvalue weighted by atomic mass is 10.2. The second-order valence-electron chi connectivity index (χ2n) is 4.58. The summed E-state index contributed by atoms with van der Waals surface area (Å²) in [6.07, 6.45) is 1.76. The molecule has 0 spiro atoms. The molecule has 22 heavy (non-hydrogen) atoms. The molecule has 0 fully saturated rings. The number of benzene rings is 2. The number of aromatic nitrogens is 2. The fourth-order valence-electron chi connectivity index (χ4n) is 1.94. The number of rotatable bonds is 5. The maximum absolute atomic E-state index is 10.4. The minimum Gasteiger partial charge on any atom is -0.482 e. The minimum atomic E-state index is -1.01. The molecule has 0 bridgehead atoms. The lowest BCUT2D eigenvalue weighted by Crippen LogP contribution is -2.09. The molecule has 0 aliphatic carbocycles. The molecule has 0 saturated heterocycles. The van der Waals surface area contributed by atoms with Crippen LogP contribution in [0.2, 0.25) is 0 Å². The Balaban J connectivity index is 1.72. The summed E-state index contributed by atoms with van der Waals surface area (Å²) in [5, 5.41) is 12.6. The highest BCUT2D eigenvalue weighted by Crippen LogP contribution is 2.19. The average molecular weight is 295 g/mol. The molecule has 0 amide bonds. The molecular formula is C16H13N3O3. The number of aliphatic carboxylic acids is 1. The summed E-state index contributed by atoms with van der Waals surface area (Å²) in [6.45, 7) is -0.361. The van der Waals surface area contributed by atoms with Gasteiger partial charge < -0.3 is 15.2 Å². The van der Waals surface area contributed by atoms with Crippen LogP contribution in [0.3, 0.4) is 0 Å². The molecule has 110 valence electrons. The summed E-state index contributed by atoms with van der Waals surface area (Å²) in [7, 11) is 0. The van der Waals surface area contributed by atoms with E-state index in [0.717, 1.165) is 16.6 Å². The second kappa shape index (κ2) is 6.09. The quantitative estimate of drug-likeness (QED) is 0.753. The van der Waals surface area contributed by atoms with Gasteiger partial charge in [-0.1, -0.05) is 18.2 Å². The molecule has 1 aromatic heterocycles. The summed E-state index contributed by atoms with van der Waals surface area (Å²) < 4.78 is 5.07. The van der Waals surface area contributed by atoms with E-state index in [0.29, 0.717) is 11.7 Å². The van der Waals surface area contributed by atoms with Crippen LogP contribution in [-0.2, 0) is 4.79 Å². The summed E-state index contributed by atoms with van der Waals surface area (Å²) in [5.41, 5.74) is 1.65. The molecule has 0 unspecified atom stereocenters. The van der Waals surface area contributed by atoms with Crippen LogP contribution >= 0.6 is 0 Å². The minimum absolute atomic E-state index is 0.361. The zero-order valence-electron chi connectivity index (χ0n) is 11.6. The van der Waals surface area contributed by atoms with Gasteiger partial charge in [-0.2, -0.15) is 0 Å². The van der Waals surface area contributed by atoms with Crippen molar-refractivity contribution in [3.8, 4) is 5.75 Å². The topological polar surface area (TPSA) is 84.3 Å². The third-order valence-electron chi connectivity index (χ3n) is 2.96. The second-order valence-corrected chi connectivity index (χ2v) is 4.58. The average Bonchev–Trinajstić information content (AvgIpc) is 2.54. The highest BCUT2D eigenvalue weighted by Gasteiger charge is 2.02. The lowest BCUT2D eigenvalue weighted by Gasteiger charge is -2.07. The van der Waals surface area contributed by atoms with Crippen LogP contribution in [0.1, 0.15) is 0 Å². The molecular weight excluding hydrogens is 282 g/mol. The highest BCUT2D eigenvalue weighted by molar-refractivity contribution is 5.78. The van der Waals surface area contributed by atoms with Crippen LogP contribution in [0.25, 0.3) is 10.9 Å². The normalized spacial score (nSPS) is 10.4. The molecule has 0 aliphatic rings. The van der Waals surface area contributed by atoms with Gasteiger partial charge >= 0.3 is 5.97 Å². The van der Waals surface area contributed by atoms with Gasteiger partial charge in [0.2, 0.25) is 5.95 Å². The fourth-order valence-corrected chi connectivity index (χ4v) is 1.94. The standard InChI is InChI=1S/C16H13N3O3/c20-15(21)10-22-13-7-5-12(6-8-13)18-16-17-9-11-3-1-2-4-14(11)19-16/h1-9H,10H2,(H,20,21)(H,17,18,19). The third-order valence-corrected chi connectivity index (χ3v) is 2.96. The Morgan fingerprint density at radius 1 is 1.14 bits per heavy atom. The van der Waals surface area contributed by atoms with Crippen LogP contribution < -0.4 is 10.1 Å². The molecule has 6 heteroatoms. The summed E-state index contributed by atoms with van der Waals surface area (Å²) >= 11 is 0. The van der Waals surface area contributed by atoms with Crippen molar-refractivity contribution in [2.75, 3.05) is 11.9 Å². The maximum Gasteiger partial charge on any atom is 0.341 e. The first-order valence-corrected chi connectivity index (χ1v) is 6.64. The summed E-state index contributed by atoms with van der Waals surface area (Å²) in [4.78, 5) is 19.1. The van der Waals surface area contributed by atoms with Gasteiger partial charge in [0.15, 0.2) is 6.61 Å². The van der Waals surface area contributed by atoms with Gasteiger partial charge in [0, 0.05) is 17.3 Å². The first-order valence-electron chi connectivity index (χ1n) is 6.64. The van der Waals surface area contributed by atoms with Gasteiger partial charge in [0.1, 0.15) is 5.75 Å².